The largest absolute Gasteiger partial charge is 0.378 e. The molecule has 0 bridgehead atoms. The van der Waals surface area contributed by atoms with Gasteiger partial charge in [-0.1, -0.05) is 0 Å². The second kappa shape index (κ2) is 6.15. The number of likely N-dealkylation sites (tertiary alicyclic amines) is 1. The number of rotatable bonds is 3. The highest BCUT2D eigenvalue weighted by molar-refractivity contribution is 5.87. The van der Waals surface area contributed by atoms with Gasteiger partial charge in [0.25, 0.3) is 0 Å². The van der Waals surface area contributed by atoms with Crippen LogP contribution in [-0.2, 0) is 14.3 Å². The van der Waals surface area contributed by atoms with Gasteiger partial charge in [-0.15, -0.1) is 0 Å². The Morgan fingerprint density at radius 2 is 2.11 bits per heavy atom. The highest BCUT2D eigenvalue weighted by atomic mass is 16.5. The lowest BCUT2D eigenvalue weighted by Crippen LogP contribution is -2.53. The van der Waals surface area contributed by atoms with Crippen molar-refractivity contribution in [2.24, 2.45) is 0 Å². The van der Waals surface area contributed by atoms with E-state index in [0.717, 1.165) is 25.9 Å². The van der Waals surface area contributed by atoms with E-state index >= 15 is 0 Å². The molecule has 2 aliphatic heterocycles. The van der Waals surface area contributed by atoms with Crippen molar-refractivity contribution in [1.82, 2.24) is 15.1 Å². The zero-order valence-electron chi connectivity index (χ0n) is 10.9. The van der Waals surface area contributed by atoms with Crippen molar-refractivity contribution < 1.29 is 14.3 Å². The van der Waals surface area contributed by atoms with Crippen LogP contribution in [0.5, 0.6) is 0 Å². The molecule has 2 heterocycles. The first-order valence-corrected chi connectivity index (χ1v) is 6.52. The predicted molar refractivity (Wildman–Crippen MR) is 66.1 cm³/mol. The first kappa shape index (κ1) is 13.3. The molecule has 0 aromatic heterocycles. The van der Waals surface area contributed by atoms with Crippen molar-refractivity contribution in [3.05, 3.63) is 0 Å². The Bertz CT molecular complexity index is 310. The quantitative estimate of drug-likeness (QED) is 0.707. The molecule has 0 aromatic carbocycles. The molecule has 2 saturated heterocycles. The minimum Gasteiger partial charge on any atom is -0.378 e. The van der Waals surface area contributed by atoms with E-state index in [-0.39, 0.29) is 24.4 Å². The number of nitrogens with zero attached hydrogens (tertiary/aromatic N) is 2. The third-order valence-corrected chi connectivity index (χ3v) is 3.43. The summed E-state index contributed by atoms with van der Waals surface area (Å²) in [6.45, 7) is 3.53. The SMILES string of the molecule is CN(CC(=O)N1CCCC1)C(=O)C1COCCN1. The summed E-state index contributed by atoms with van der Waals surface area (Å²) < 4.78 is 5.25. The number of amides is 2. The summed E-state index contributed by atoms with van der Waals surface area (Å²) in [5.74, 6) is -0.0256. The molecule has 1 unspecified atom stereocenters. The molecule has 0 radical (unpaired) electrons. The van der Waals surface area contributed by atoms with Crippen molar-refractivity contribution in [2.45, 2.75) is 18.9 Å². The third-order valence-electron chi connectivity index (χ3n) is 3.43. The Labute approximate surface area is 107 Å². The van der Waals surface area contributed by atoms with Gasteiger partial charge in [0.1, 0.15) is 6.04 Å². The smallest absolute Gasteiger partial charge is 0.242 e. The summed E-state index contributed by atoms with van der Waals surface area (Å²) in [6.07, 6.45) is 2.14. The minimum absolute atomic E-state index is 0.0417. The molecule has 0 aromatic rings. The number of morpholine rings is 1. The lowest BCUT2D eigenvalue weighted by atomic mass is 10.2. The maximum Gasteiger partial charge on any atom is 0.242 e. The van der Waals surface area contributed by atoms with Gasteiger partial charge in [-0.2, -0.15) is 0 Å². The van der Waals surface area contributed by atoms with Crippen molar-refractivity contribution >= 4 is 11.8 Å². The Hall–Kier alpha value is -1.14. The number of hydrogen-bond acceptors (Lipinski definition) is 4. The maximum atomic E-state index is 12.1. The van der Waals surface area contributed by atoms with E-state index in [9.17, 15) is 9.59 Å². The van der Waals surface area contributed by atoms with Crippen LogP contribution in [0.25, 0.3) is 0 Å². The monoisotopic (exact) mass is 255 g/mol. The molecule has 1 N–H and O–H groups in total. The highest BCUT2D eigenvalue weighted by Gasteiger charge is 2.27. The molecule has 1 atom stereocenters. The van der Waals surface area contributed by atoms with E-state index in [1.54, 1.807) is 7.05 Å². The number of ether oxygens (including phenoxy) is 1. The summed E-state index contributed by atoms with van der Waals surface area (Å²) in [6, 6.07) is -0.310. The van der Waals surface area contributed by atoms with Crippen LogP contribution in [0, 0.1) is 0 Å². The summed E-state index contributed by atoms with van der Waals surface area (Å²) in [5.41, 5.74) is 0. The van der Waals surface area contributed by atoms with Gasteiger partial charge in [-0.25, -0.2) is 0 Å². The van der Waals surface area contributed by atoms with Crippen LogP contribution in [0.2, 0.25) is 0 Å². The summed E-state index contributed by atoms with van der Waals surface area (Å²) in [5, 5.41) is 3.10. The minimum atomic E-state index is -0.310. The molecule has 102 valence electrons. The molecule has 0 aliphatic carbocycles. The zero-order chi connectivity index (χ0) is 13.0. The van der Waals surface area contributed by atoms with E-state index in [1.165, 1.54) is 4.90 Å². The average Bonchev–Trinajstić information content (AvgIpc) is 2.92. The van der Waals surface area contributed by atoms with Gasteiger partial charge in [-0.3, -0.25) is 9.59 Å². The number of likely N-dealkylation sites (N-methyl/N-ethyl adjacent to an activating group) is 1. The Kier molecular flexibility index (Phi) is 4.54. The van der Waals surface area contributed by atoms with Crippen LogP contribution in [0.4, 0.5) is 0 Å². The number of carbonyl (C=O) groups excluding carboxylic acids is 2. The van der Waals surface area contributed by atoms with Crippen LogP contribution < -0.4 is 5.32 Å². The standard InChI is InChI=1S/C12H21N3O3/c1-14(8-11(16)15-5-2-3-6-15)12(17)10-9-18-7-4-13-10/h10,13H,2-9H2,1H3. The molecule has 6 nitrogen and oxygen atoms in total. The topological polar surface area (TPSA) is 61.9 Å². The second-order valence-corrected chi connectivity index (χ2v) is 4.86. The fourth-order valence-corrected chi connectivity index (χ4v) is 2.34. The van der Waals surface area contributed by atoms with Crippen LogP contribution in [0.15, 0.2) is 0 Å². The van der Waals surface area contributed by atoms with Crippen LogP contribution in [-0.4, -0.2) is 74.1 Å². The van der Waals surface area contributed by atoms with Crippen molar-refractivity contribution in [2.75, 3.05) is 46.4 Å². The van der Waals surface area contributed by atoms with Crippen molar-refractivity contribution in [3.8, 4) is 0 Å². The number of hydrogen-bond donors (Lipinski definition) is 1. The van der Waals surface area contributed by atoms with Gasteiger partial charge >= 0.3 is 0 Å². The summed E-state index contributed by atoms with van der Waals surface area (Å²) in [7, 11) is 1.67. The van der Waals surface area contributed by atoms with Crippen LogP contribution in [0.3, 0.4) is 0 Å². The van der Waals surface area contributed by atoms with E-state index < -0.39 is 0 Å². The van der Waals surface area contributed by atoms with Gasteiger partial charge in [0.15, 0.2) is 0 Å². The van der Waals surface area contributed by atoms with Gasteiger partial charge in [0, 0.05) is 26.7 Å². The Balaban J connectivity index is 1.80. The molecule has 0 saturated carbocycles. The van der Waals surface area contributed by atoms with Gasteiger partial charge in [0.05, 0.1) is 19.8 Å². The van der Waals surface area contributed by atoms with E-state index in [4.69, 9.17) is 4.74 Å². The van der Waals surface area contributed by atoms with Crippen LogP contribution >= 0.6 is 0 Å². The fraction of sp³-hybridized carbons (Fsp3) is 0.833. The molecule has 2 rings (SSSR count). The molecule has 0 spiro atoms. The van der Waals surface area contributed by atoms with Crippen LogP contribution in [0.1, 0.15) is 12.8 Å². The summed E-state index contributed by atoms with van der Waals surface area (Å²) in [4.78, 5) is 27.3. The normalized spacial score (nSPS) is 24.1. The first-order valence-electron chi connectivity index (χ1n) is 6.52. The zero-order valence-corrected chi connectivity index (χ0v) is 10.9. The average molecular weight is 255 g/mol. The Morgan fingerprint density at radius 3 is 2.72 bits per heavy atom. The highest BCUT2D eigenvalue weighted by Crippen LogP contribution is 2.08. The lowest BCUT2D eigenvalue weighted by molar-refractivity contribution is -0.141. The van der Waals surface area contributed by atoms with E-state index in [1.807, 2.05) is 4.90 Å². The van der Waals surface area contributed by atoms with Gasteiger partial charge in [-0.05, 0) is 12.8 Å². The van der Waals surface area contributed by atoms with E-state index in [2.05, 4.69) is 5.32 Å². The first-order chi connectivity index (χ1) is 8.68. The number of nitrogens with one attached hydrogen (secondary N) is 1. The lowest BCUT2D eigenvalue weighted by Gasteiger charge is -2.28. The number of carbonyl (C=O) groups is 2. The molecule has 6 heteroatoms. The van der Waals surface area contributed by atoms with E-state index in [0.29, 0.717) is 19.8 Å². The predicted octanol–water partition coefficient (Wildman–Crippen LogP) is -0.944. The molecule has 2 fully saturated rings. The molecular weight excluding hydrogens is 234 g/mol. The van der Waals surface area contributed by atoms with Crippen molar-refractivity contribution in [1.29, 1.82) is 0 Å². The maximum absolute atomic E-state index is 12.1. The molecule has 2 aliphatic rings. The summed E-state index contributed by atoms with van der Waals surface area (Å²) >= 11 is 0. The Morgan fingerprint density at radius 1 is 1.39 bits per heavy atom. The van der Waals surface area contributed by atoms with Gasteiger partial charge < -0.3 is 19.9 Å². The molecule has 18 heavy (non-hydrogen) atoms. The second-order valence-electron chi connectivity index (χ2n) is 4.86. The van der Waals surface area contributed by atoms with Gasteiger partial charge in [0.2, 0.25) is 11.8 Å². The fourth-order valence-electron chi connectivity index (χ4n) is 2.34. The molecular formula is C12H21N3O3. The third kappa shape index (κ3) is 3.20. The van der Waals surface area contributed by atoms with Crippen molar-refractivity contribution in [3.63, 3.8) is 0 Å². The molecule has 2 amide bonds.